The molecule has 1 aromatic heterocycles. The van der Waals surface area contributed by atoms with Gasteiger partial charge in [0.05, 0.1) is 6.04 Å². The first kappa shape index (κ1) is 32.9. The van der Waals surface area contributed by atoms with Crippen LogP contribution in [0.4, 0.5) is 0 Å². The van der Waals surface area contributed by atoms with E-state index in [1.54, 1.807) is 6.20 Å². The summed E-state index contributed by atoms with van der Waals surface area (Å²) in [6.07, 6.45) is 1.48. The Morgan fingerprint density at radius 2 is 1.56 bits per heavy atom. The van der Waals surface area contributed by atoms with E-state index in [-0.39, 0.29) is 50.4 Å². The molecule has 0 aliphatic rings. The molecule has 0 spiro atoms. The number of hydrogen-bond donors (Lipinski definition) is 10. The molecule has 0 radical (unpaired) electrons. The first-order valence-electron chi connectivity index (χ1n) is 12.8. The highest BCUT2D eigenvalue weighted by molar-refractivity contribution is 7.80. The van der Waals surface area contributed by atoms with Crippen molar-refractivity contribution in [3.63, 3.8) is 0 Å². The summed E-state index contributed by atoms with van der Waals surface area (Å²) in [6, 6.07) is 2.39. The highest BCUT2D eigenvalue weighted by atomic mass is 32.1. The topological polar surface area (TPSA) is 268 Å². The Morgan fingerprint density at radius 1 is 0.927 bits per heavy atom. The van der Waals surface area contributed by atoms with Gasteiger partial charge in [-0.2, -0.15) is 12.6 Å². The number of hydrogen-bond acceptors (Lipinski definition) is 8. The number of amides is 3. The SMILES string of the molecule is NC(N)=NCCCC(NC(=O)C(Cc1c[nH]c2ccccc12)NC(=O)C(CS)NC(=O)C(N)CCC(=O)O)C(=O)O. The zero-order chi connectivity index (χ0) is 30.5. The van der Waals surface area contributed by atoms with Crippen LogP contribution in [0, 0.1) is 0 Å². The van der Waals surface area contributed by atoms with Gasteiger partial charge in [-0.1, -0.05) is 18.2 Å². The standard InChI is InChI=1S/C25H36N8O7S/c26-15(7-8-20(34)35)21(36)33-19(12-41)23(38)32-18(10-13-11-30-16-5-2-1-4-14(13)16)22(37)31-17(24(39)40)6-3-9-29-25(27)28/h1-2,4-5,11,15,17-19,30,41H,3,6-10,12,26H2,(H,31,37)(H,32,38)(H,33,36)(H,34,35)(H,39,40)(H4,27,28,29). The Labute approximate surface area is 241 Å². The number of nitrogens with two attached hydrogens (primary N) is 3. The number of aromatic amines is 1. The lowest BCUT2D eigenvalue weighted by molar-refractivity contribution is -0.142. The number of benzene rings is 1. The van der Waals surface area contributed by atoms with Gasteiger partial charge in [0, 0.05) is 42.2 Å². The maximum atomic E-state index is 13.3. The summed E-state index contributed by atoms with van der Waals surface area (Å²) < 4.78 is 0. The van der Waals surface area contributed by atoms with Crippen molar-refractivity contribution in [2.45, 2.75) is 56.3 Å². The predicted molar refractivity (Wildman–Crippen MR) is 154 cm³/mol. The molecule has 0 saturated heterocycles. The van der Waals surface area contributed by atoms with E-state index in [0.717, 1.165) is 10.9 Å². The Morgan fingerprint density at radius 3 is 2.20 bits per heavy atom. The minimum Gasteiger partial charge on any atom is -0.481 e. The van der Waals surface area contributed by atoms with Crippen LogP contribution in [0.3, 0.4) is 0 Å². The predicted octanol–water partition coefficient (Wildman–Crippen LogP) is -1.58. The zero-order valence-electron chi connectivity index (χ0n) is 22.2. The molecule has 0 aliphatic heterocycles. The fourth-order valence-corrected chi connectivity index (χ4v) is 4.18. The van der Waals surface area contributed by atoms with Crippen molar-refractivity contribution < 1.29 is 34.2 Å². The fourth-order valence-electron chi connectivity index (χ4n) is 3.92. The van der Waals surface area contributed by atoms with Crippen LogP contribution in [0.5, 0.6) is 0 Å². The lowest BCUT2D eigenvalue weighted by Crippen LogP contribution is -2.58. The summed E-state index contributed by atoms with van der Waals surface area (Å²) in [5.74, 6) is -5.00. The first-order chi connectivity index (χ1) is 19.4. The molecular weight excluding hydrogens is 556 g/mol. The van der Waals surface area contributed by atoms with Gasteiger partial charge in [0.25, 0.3) is 0 Å². The molecule has 0 fully saturated rings. The molecule has 4 atom stereocenters. The monoisotopic (exact) mass is 592 g/mol. The van der Waals surface area contributed by atoms with E-state index < -0.39 is 53.8 Å². The van der Waals surface area contributed by atoms with Crippen molar-refractivity contribution >= 4 is 59.2 Å². The van der Waals surface area contributed by atoms with Crippen LogP contribution >= 0.6 is 12.6 Å². The number of thiol groups is 1. The molecule has 224 valence electrons. The van der Waals surface area contributed by atoms with Crippen LogP contribution in [-0.2, 0) is 30.4 Å². The Hall–Kier alpha value is -4.31. The highest BCUT2D eigenvalue weighted by Gasteiger charge is 2.30. The molecule has 3 amide bonds. The second-order valence-corrected chi connectivity index (χ2v) is 9.62. The van der Waals surface area contributed by atoms with Gasteiger partial charge in [-0.15, -0.1) is 0 Å². The number of H-pyrrole nitrogens is 1. The number of carboxylic acids is 2. The van der Waals surface area contributed by atoms with Gasteiger partial charge in [-0.3, -0.25) is 24.2 Å². The second kappa shape index (κ2) is 16.1. The van der Waals surface area contributed by atoms with Crippen molar-refractivity contribution in [1.82, 2.24) is 20.9 Å². The fraction of sp³-hybridized carbons (Fsp3) is 0.440. The van der Waals surface area contributed by atoms with E-state index in [9.17, 15) is 29.1 Å². The van der Waals surface area contributed by atoms with Gasteiger partial charge >= 0.3 is 11.9 Å². The van der Waals surface area contributed by atoms with E-state index >= 15 is 0 Å². The van der Waals surface area contributed by atoms with Crippen molar-refractivity contribution in [2.75, 3.05) is 12.3 Å². The number of aliphatic carboxylic acids is 2. The van der Waals surface area contributed by atoms with Crippen molar-refractivity contribution in [2.24, 2.45) is 22.2 Å². The Balaban J connectivity index is 2.21. The Bertz CT molecular complexity index is 1260. The van der Waals surface area contributed by atoms with E-state index in [1.165, 1.54) is 0 Å². The van der Waals surface area contributed by atoms with Crippen LogP contribution in [0.2, 0.25) is 0 Å². The largest absolute Gasteiger partial charge is 0.481 e. The molecule has 41 heavy (non-hydrogen) atoms. The summed E-state index contributed by atoms with van der Waals surface area (Å²) in [5.41, 5.74) is 17.8. The average Bonchev–Trinajstić information content (AvgIpc) is 3.33. The minimum absolute atomic E-state index is 0.00666. The number of guanidine groups is 1. The number of rotatable bonds is 17. The van der Waals surface area contributed by atoms with Gasteiger partial charge in [0.15, 0.2) is 5.96 Å². The van der Waals surface area contributed by atoms with Crippen molar-refractivity contribution in [1.29, 1.82) is 0 Å². The average molecular weight is 593 g/mol. The summed E-state index contributed by atoms with van der Waals surface area (Å²) in [5, 5.41) is 26.7. The van der Waals surface area contributed by atoms with Gasteiger partial charge in [0.2, 0.25) is 17.7 Å². The lowest BCUT2D eigenvalue weighted by Gasteiger charge is -2.24. The molecule has 4 unspecified atom stereocenters. The molecule has 15 nitrogen and oxygen atoms in total. The number of carbonyl (C=O) groups is 5. The van der Waals surface area contributed by atoms with Crippen LogP contribution in [0.25, 0.3) is 10.9 Å². The van der Waals surface area contributed by atoms with Crippen molar-refractivity contribution in [3.05, 3.63) is 36.0 Å². The third kappa shape index (κ3) is 10.6. The van der Waals surface area contributed by atoms with Gasteiger partial charge < -0.3 is 48.3 Å². The quantitative estimate of drug-likeness (QED) is 0.0436. The molecular formula is C25H36N8O7S. The number of carbonyl (C=O) groups excluding carboxylic acids is 3. The smallest absolute Gasteiger partial charge is 0.326 e. The molecule has 0 bridgehead atoms. The molecule has 2 aromatic rings. The molecule has 1 aromatic carbocycles. The maximum Gasteiger partial charge on any atom is 0.326 e. The molecule has 1 heterocycles. The van der Waals surface area contributed by atoms with E-state index in [0.29, 0.717) is 5.56 Å². The summed E-state index contributed by atoms with van der Waals surface area (Å²) >= 11 is 4.12. The van der Waals surface area contributed by atoms with Crippen LogP contribution in [-0.4, -0.2) is 87.3 Å². The van der Waals surface area contributed by atoms with E-state index in [2.05, 4.69) is 38.6 Å². The maximum absolute atomic E-state index is 13.3. The number of nitrogens with one attached hydrogen (secondary N) is 4. The lowest BCUT2D eigenvalue weighted by atomic mass is 10.0. The van der Waals surface area contributed by atoms with Crippen LogP contribution in [0.1, 0.15) is 31.2 Å². The third-order valence-electron chi connectivity index (χ3n) is 6.11. The second-order valence-electron chi connectivity index (χ2n) is 9.26. The molecule has 2 rings (SSSR count). The number of fused-ring (bicyclic) bond motifs is 1. The summed E-state index contributed by atoms with van der Waals surface area (Å²) in [7, 11) is 0. The molecule has 12 N–H and O–H groups in total. The number of para-hydroxylation sites is 1. The minimum atomic E-state index is -1.29. The normalized spacial score (nSPS) is 13.8. The Kier molecular flexibility index (Phi) is 12.9. The number of aromatic nitrogens is 1. The first-order valence-corrected chi connectivity index (χ1v) is 13.4. The number of aliphatic imine (C=N–C) groups is 1. The zero-order valence-corrected chi connectivity index (χ0v) is 23.1. The number of nitrogens with zero attached hydrogens (tertiary/aromatic N) is 1. The molecule has 0 saturated carbocycles. The van der Waals surface area contributed by atoms with Gasteiger partial charge in [-0.25, -0.2) is 4.79 Å². The van der Waals surface area contributed by atoms with Crippen LogP contribution < -0.4 is 33.2 Å². The molecule has 0 aliphatic carbocycles. The van der Waals surface area contributed by atoms with Gasteiger partial charge in [-0.05, 0) is 30.9 Å². The van der Waals surface area contributed by atoms with Gasteiger partial charge in [0.1, 0.15) is 18.1 Å². The van der Waals surface area contributed by atoms with Crippen LogP contribution in [0.15, 0.2) is 35.5 Å². The van der Waals surface area contributed by atoms with Crippen molar-refractivity contribution in [3.8, 4) is 0 Å². The highest BCUT2D eigenvalue weighted by Crippen LogP contribution is 2.19. The summed E-state index contributed by atoms with van der Waals surface area (Å²) in [4.78, 5) is 68.4. The summed E-state index contributed by atoms with van der Waals surface area (Å²) in [6.45, 7) is 0.162. The van der Waals surface area contributed by atoms with E-state index in [4.69, 9.17) is 22.3 Å². The number of carboxylic acid groups (broad SMARTS) is 2. The van der Waals surface area contributed by atoms with E-state index in [1.807, 2.05) is 24.3 Å². The molecule has 16 heteroatoms. The third-order valence-corrected chi connectivity index (χ3v) is 6.48.